The Labute approximate surface area is 157 Å². The van der Waals surface area contributed by atoms with E-state index in [4.69, 9.17) is 14.2 Å². The van der Waals surface area contributed by atoms with Crippen LogP contribution in [-0.2, 0) is 20.9 Å². The molecule has 4 aliphatic rings. The largest absolute Gasteiger partial charge is 0.454 e. The van der Waals surface area contributed by atoms with Crippen molar-refractivity contribution in [2.45, 2.75) is 38.1 Å². The summed E-state index contributed by atoms with van der Waals surface area (Å²) in [6.45, 7) is 4.97. The predicted octanol–water partition coefficient (Wildman–Crippen LogP) is 1.22. The molecule has 0 aliphatic carbocycles. The molecule has 4 heterocycles. The van der Waals surface area contributed by atoms with Gasteiger partial charge in [-0.3, -0.25) is 9.59 Å². The van der Waals surface area contributed by atoms with Gasteiger partial charge < -0.3 is 24.4 Å². The number of rotatable bonds is 4. The highest BCUT2D eigenvalue weighted by atomic mass is 16.7. The lowest BCUT2D eigenvalue weighted by atomic mass is 9.76. The molecule has 2 amide bonds. The van der Waals surface area contributed by atoms with Crippen molar-refractivity contribution in [2.75, 3.05) is 13.3 Å². The number of carbonyl (C=O) groups is 2. The first kappa shape index (κ1) is 16.6. The second-order valence-corrected chi connectivity index (χ2v) is 7.95. The lowest BCUT2D eigenvalue weighted by Crippen LogP contribution is -2.45. The molecule has 2 bridgehead atoms. The normalized spacial score (nSPS) is 32.5. The van der Waals surface area contributed by atoms with Gasteiger partial charge in [-0.25, -0.2) is 0 Å². The van der Waals surface area contributed by atoms with Crippen LogP contribution in [0.5, 0.6) is 11.5 Å². The van der Waals surface area contributed by atoms with E-state index >= 15 is 0 Å². The fraction of sp³-hybridized carbons (Fsp3) is 0.500. The lowest BCUT2D eigenvalue weighted by molar-refractivity contribution is -0.138. The SMILES string of the molecule is CC(C)NC(=O)C1C2C=CC3(CN(Cc4ccc5c(c4)OCO5)C(=O)C13)O2. The number of hydrogen-bond donors (Lipinski definition) is 1. The molecular formula is C20H22N2O5. The maximum absolute atomic E-state index is 13.2. The Hall–Kier alpha value is -2.54. The number of nitrogens with one attached hydrogen (secondary N) is 1. The summed E-state index contributed by atoms with van der Waals surface area (Å²) < 4.78 is 16.9. The van der Waals surface area contributed by atoms with Crippen LogP contribution in [-0.4, -0.2) is 47.8 Å². The van der Waals surface area contributed by atoms with Crippen molar-refractivity contribution in [3.05, 3.63) is 35.9 Å². The summed E-state index contributed by atoms with van der Waals surface area (Å²) in [4.78, 5) is 27.7. The van der Waals surface area contributed by atoms with Crippen molar-refractivity contribution >= 4 is 11.8 Å². The lowest BCUT2D eigenvalue weighted by Gasteiger charge is -2.24. The second kappa shape index (κ2) is 5.73. The van der Waals surface area contributed by atoms with Gasteiger partial charge in [0.1, 0.15) is 5.60 Å². The first-order valence-electron chi connectivity index (χ1n) is 9.32. The van der Waals surface area contributed by atoms with Crippen LogP contribution in [0.1, 0.15) is 19.4 Å². The van der Waals surface area contributed by atoms with Gasteiger partial charge in [0.05, 0.1) is 24.5 Å². The molecule has 1 spiro atoms. The van der Waals surface area contributed by atoms with Crippen molar-refractivity contribution in [1.29, 1.82) is 0 Å². The number of fused-ring (bicyclic) bond motifs is 2. The fourth-order valence-corrected chi connectivity index (χ4v) is 4.65. The van der Waals surface area contributed by atoms with Gasteiger partial charge in [0.2, 0.25) is 18.6 Å². The number of ether oxygens (including phenoxy) is 3. The maximum atomic E-state index is 13.2. The maximum Gasteiger partial charge on any atom is 0.231 e. The monoisotopic (exact) mass is 370 g/mol. The Morgan fingerprint density at radius 2 is 2.15 bits per heavy atom. The number of amides is 2. The summed E-state index contributed by atoms with van der Waals surface area (Å²) in [5, 5.41) is 2.94. The molecule has 142 valence electrons. The van der Waals surface area contributed by atoms with Crippen molar-refractivity contribution in [3.63, 3.8) is 0 Å². The standard InChI is InChI=1S/C20H22N2O5/c1-11(2)21-18(23)16-14-5-6-20(27-14)9-22(19(24)17(16)20)8-12-3-4-13-15(7-12)26-10-25-13/h3-7,11,14,16-17H,8-10H2,1-2H3,(H,21,23). The van der Waals surface area contributed by atoms with Gasteiger partial charge in [-0.1, -0.05) is 18.2 Å². The Bertz CT molecular complexity index is 851. The first-order valence-corrected chi connectivity index (χ1v) is 9.32. The van der Waals surface area contributed by atoms with E-state index in [1.165, 1.54) is 0 Å². The minimum atomic E-state index is -0.683. The van der Waals surface area contributed by atoms with Crippen molar-refractivity contribution in [2.24, 2.45) is 11.8 Å². The molecule has 27 heavy (non-hydrogen) atoms. The molecule has 0 saturated carbocycles. The van der Waals surface area contributed by atoms with Crippen molar-refractivity contribution < 1.29 is 23.8 Å². The molecule has 4 unspecified atom stereocenters. The summed E-state index contributed by atoms with van der Waals surface area (Å²) in [5.74, 6) is 0.362. The average molecular weight is 370 g/mol. The highest BCUT2D eigenvalue weighted by molar-refractivity contribution is 5.93. The summed E-state index contributed by atoms with van der Waals surface area (Å²) in [5.41, 5.74) is 0.280. The number of benzene rings is 1. The van der Waals surface area contributed by atoms with Crippen LogP contribution in [0.25, 0.3) is 0 Å². The molecular weight excluding hydrogens is 348 g/mol. The smallest absolute Gasteiger partial charge is 0.231 e. The Morgan fingerprint density at radius 1 is 1.33 bits per heavy atom. The van der Waals surface area contributed by atoms with Gasteiger partial charge in [-0.2, -0.15) is 0 Å². The zero-order chi connectivity index (χ0) is 18.8. The van der Waals surface area contributed by atoms with Crippen LogP contribution in [0.2, 0.25) is 0 Å². The molecule has 5 rings (SSSR count). The number of nitrogens with zero attached hydrogens (tertiary/aromatic N) is 1. The minimum Gasteiger partial charge on any atom is -0.454 e. The average Bonchev–Trinajstić information content (AvgIpc) is 3.35. The first-order chi connectivity index (χ1) is 13.0. The van der Waals surface area contributed by atoms with E-state index in [9.17, 15) is 9.59 Å². The molecule has 0 aromatic heterocycles. The van der Waals surface area contributed by atoms with Crippen LogP contribution in [0.15, 0.2) is 30.4 Å². The number of likely N-dealkylation sites (tertiary alicyclic amines) is 1. The molecule has 1 aromatic carbocycles. The topological polar surface area (TPSA) is 77.1 Å². The molecule has 7 nitrogen and oxygen atoms in total. The van der Waals surface area contributed by atoms with Gasteiger partial charge in [0.15, 0.2) is 11.5 Å². The van der Waals surface area contributed by atoms with Crippen LogP contribution in [0, 0.1) is 11.8 Å². The predicted molar refractivity (Wildman–Crippen MR) is 95.0 cm³/mol. The molecule has 2 fully saturated rings. The van der Waals surface area contributed by atoms with Gasteiger partial charge in [-0.15, -0.1) is 0 Å². The number of carbonyl (C=O) groups excluding carboxylic acids is 2. The summed E-state index contributed by atoms with van der Waals surface area (Å²) in [6, 6.07) is 5.72. The van der Waals surface area contributed by atoms with Crippen LogP contribution >= 0.6 is 0 Å². The van der Waals surface area contributed by atoms with Crippen LogP contribution < -0.4 is 14.8 Å². The molecule has 1 aromatic rings. The molecule has 4 atom stereocenters. The minimum absolute atomic E-state index is 0.0246. The number of hydrogen-bond acceptors (Lipinski definition) is 5. The third-order valence-corrected chi connectivity index (χ3v) is 5.72. The fourth-order valence-electron chi connectivity index (χ4n) is 4.65. The van der Waals surface area contributed by atoms with E-state index in [-0.39, 0.29) is 30.8 Å². The van der Waals surface area contributed by atoms with Gasteiger partial charge in [0.25, 0.3) is 0 Å². The Balaban J connectivity index is 1.38. The molecule has 4 aliphatic heterocycles. The van der Waals surface area contributed by atoms with Gasteiger partial charge >= 0.3 is 0 Å². The zero-order valence-corrected chi connectivity index (χ0v) is 15.3. The van der Waals surface area contributed by atoms with E-state index in [1.807, 2.05) is 44.2 Å². The third kappa shape index (κ3) is 2.45. The molecule has 2 saturated heterocycles. The summed E-state index contributed by atoms with van der Waals surface area (Å²) in [6.07, 6.45) is 3.59. The van der Waals surface area contributed by atoms with E-state index in [2.05, 4.69) is 5.32 Å². The highest BCUT2D eigenvalue weighted by Crippen LogP contribution is 2.52. The van der Waals surface area contributed by atoms with Crippen LogP contribution in [0.3, 0.4) is 0 Å². The Kier molecular flexibility index (Phi) is 3.53. The van der Waals surface area contributed by atoms with Crippen molar-refractivity contribution in [1.82, 2.24) is 10.2 Å². The van der Waals surface area contributed by atoms with Gasteiger partial charge in [0, 0.05) is 12.6 Å². The third-order valence-electron chi connectivity index (χ3n) is 5.72. The Morgan fingerprint density at radius 3 is 2.96 bits per heavy atom. The summed E-state index contributed by atoms with van der Waals surface area (Å²) in [7, 11) is 0. The second-order valence-electron chi connectivity index (χ2n) is 7.95. The van der Waals surface area contributed by atoms with Crippen LogP contribution in [0.4, 0.5) is 0 Å². The zero-order valence-electron chi connectivity index (χ0n) is 15.3. The molecule has 7 heteroatoms. The van der Waals surface area contributed by atoms with E-state index in [0.717, 1.165) is 11.3 Å². The van der Waals surface area contributed by atoms with Crippen molar-refractivity contribution in [3.8, 4) is 11.5 Å². The molecule has 0 radical (unpaired) electrons. The molecule has 1 N–H and O–H groups in total. The van der Waals surface area contributed by atoms with E-state index in [1.54, 1.807) is 4.90 Å². The van der Waals surface area contributed by atoms with E-state index in [0.29, 0.717) is 18.8 Å². The van der Waals surface area contributed by atoms with E-state index < -0.39 is 17.4 Å². The quantitative estimate of drug-likeness (QED) is 0.807. The van der Waals surface area contributed by atoms with Gasteiger partial charge in [-0.05, 0) is 31.5 Å². The summed E-state index contributed by atoms with van der Waals surface area (Å²) >= 11 is 0. The highest BCUT2D eigenvalue weighted by Gasteiger charge is 2.66.